The number of halogens is 2. The third-order valence-corrected chi connectivity index (χ3v) is 3.51. The molecule has 0 aliphatic heterocycles. The zero-order valence-electron chi connectivity index (χ0n) is 10.9. The van der Waals surface area contributed by atoms with Crippen molar-refractivity contribution in [1.82, 2.24) is 0 Å². The number of nitrogens with zero attached hydrogens (tertiary/aromatic N) is 1. The first-order chi connectivity index (χ1) is 10.1. The molecule has 2 N–H and O–H groups in total. The fourth-order valence-electron chi connectivity index (χ4n) is 1.64. The van der Waals surface area contributed by atoms with Gasteiger partial charge < -0.3 is 10.6 Å². The van der Waals surface area contributed by atoms with Gasteiger partial charge in [0.2, 0.25) is 5.91 Å². The summed E-state index contributed by atoms with van der Waals surface area (Å²) in [6.07, 6.45) is 0. The van der Waals surface area contributed by atoms with Crippen molar-refractivity contribution in [2.75, 3.05) is 17.2 Å². The average molecular weight is 320 g/mol. The number of hydrogen-bond acceptors (Lipinski definition) is 3. The fraction of sp³-hybridized carbons (Fsp3) is 0.0667. The second-order valence-electron chi connectivity index (χ2n) is 4.19. The van der Waals surface area contributed by atoms with Gasteiger partial charge in [0.05, 0.1) is 33.9 Å². The minimum Gasteiger partial charge on any atom is -0.376 e. The van der Waals surface area contributed by atoms with E-state index in [1.165, 1.54) is 0 Å². The molecule has 0 atom stereocenters. The van der Waals surface area contributed by atoms with Crippen LogP contribution in [0.2, 0.25) is 10.0 Å². The SMILES string of the molecule is N#Cc1ccc(NCC(=O)Nc2cccc(Cl)c2Cl)cc1. The number of rotatable bonds is 4. The maximum Gasteiger partial charge on any atom is 0.243 e. The first-order valence-corrected chi connectivity index (χ1v) is 6.83. The Morgan fingerprint density at radius 2 is 1.86 bits per heavy atom. The highest BCUT2D eigenvalue weighted by molar-refractivity contribution is 6.44. The van der Waals surface area contributed by atoms with Gasteiger partial charge in [0.25, 0.3) is 0 Å². The first-order valence-electron chi connectivity index (χ1n) is 6.08. The molecule has 6 heteroatoms. The van der Waals surface area contributed by atoms with E-state index in [0.29, 0.717) is 21.3 Å². The molecule has 0 aliphatic rings. The zero-order valence-corrected chi connectivity index (χ0v) is 12.4. The Morgan fingerprint density at radius 3 is 2.52 bits per heavy atom. The summed E-state index contributed by atoms with van der Waals surface area (Å²) in [5, 5.41) is 15.0. The van der Waals surface area contributed by atoms with E-state index in [0.717, 1.165) is 5.69 Å². The van der Waals surface area contributed by atoms with E-state index in [2.05, 4.69) is 10.6 Å². The average Bonchev–Trinajstić information content (AvgIpc) is 2.50. The van der Waals surface area contributed by atoms with E-state index in [1.54, 1.807) is 42.5 Å². The van der Waals surface area contributed by atoms with Crippen molar-refractivity contribution in [2.45, 2.75) is 0 Å². The molecule has 0 saturated carbocycles. The topological polar surface area (TPSA) is 64.9 Å². The molecule has 0 bridgehead atoms. The van der Waals surface area contributed by atoms with Gasteiger partial charge in [-0.2, -0.15) is 5.26 Å². The third-order valence-electron chi connectivity index (χ3n) is 2.69. The molecule has 1 amide bonds. The van der Waals surface area contributed by atoms with Gasteiger partial charge in [0.15, 0.2) is 0 Å². The fourth-order valence-corrected chi connectivity index (χ4v) is 1.99. The van der Waals surface area contributed by atoms with Crippen LogP contribution in [0.5, 0.6) is 0 Å². The maximum absolute atomic E-state index is 11.8. The van der Waals surface area contributed by atoms with Crippen molar-refractivity contribution in [2.24, 2.45) is 0 Å². The summed E-state index contributed by atoms with van der Waals surface area (Å²) in [7, 11) is 0. The van der Waals surface area contributed by atoms with Crippen LogP contribution in [-0.2, 0) is 4.79 Å². The molecular formula is C15H11Cl2N3O. The molecule has 0 fully saturated rings. The highest BCUT2D eigenvalue weighted by atomic mass is 35.5. The van der Waals surface area contributed by atoms with Gasteiger partial charge in [0.1, 0.15) is 0 Å². The van der Waals surface area contributed by atoms with E-state index in [-0.39, 0.29) is 12.5 Å². The molecular weight excluding hydrogens is 309 g/mol. The Kier molecular flexibility index (Phi) is 5.04. The van der Waals surface area contributed by atoms with Gasteiger partial charge >= 0.3 is 0 Å². The van der Waals surface area contributed by atoms with Crippen LogP contribution in [0.25, 0.3) is 0 Å². The van der Waals surface area contributed by atoms with Crippen molar-refractivity contribution >= 4 is 40.5 Å². The number of benzene rings is 2. The van der Waals surface area contributed by atoms with E-state index in [4.69, 9.17) is 28.5 Å². The lowest BCUT2D eigenvalue weighted by molar-refractivity contribution is -0.114. The summed E-state index contributed by atoms with van der Waals surface area (Å²) in [5.74, 6) is -0.247. The van der Waals surface area contributed by atoms with Crippen LogP contribution in [0.3, 0.4) is 0 Å². The number of carbonyl (C=O) groups is 1. The molecule has 0 unspecified atom stereocenters. The number of carbonyl (C=O) groups excluding carboxylic acids is 1. The molecule has 0 aliphatic carbocycles. The van der Waals surface area contributed by atoms with Gasteiger partial charge in [-0.25, -0.2) is 0 Å². The predicted molar refractivity (Wildman–Crippen MR) is 84.7 cm³/mol. The monoisotopic (exact) mass is 319 g/mol. The van der Waals surface area contributed by atoms with E-state index in [9.17, 15) is 4.79 Å². The molecule has 21 heavy (non-hydrogen) atoms. The lowest BCUT2D eigenvalue weighted by Gasteiger charge is -2.09. The van der Waals surface area contributed by atoms with E-state index in [1.807, 2.05) is 6.07 Å². The molecule has 0 heterocycles. The summed E-state index contributed by atoms with van der Waals surface area (Å²) in [6, 6.07) is 13.9. The number of hydrogen-bond donors (Lipinski definition) is 2. The van der Waals surface area contributed by atoms with Crippen molar-refractivity contribution in [1.29, 1.82) is 5.26 Å². The summed E-state index contributed by atoms with van der Waals surface area (Å²) in [5.41, 5.74) is 1.79. The smallest absolute Gasteiger partial charge is 0.243 e. The molecule has 0 radical (unpaired) electrons. The van der Waals surface area contributed by atoms with Crippen LogP contribution in [0.4, 0.5) is 11.4 Å². The second-order valence-corrected chi connectivity index (χ2v) is 4.98. The quantitative estimate of drug-likeness (QED) is 0.897. The molecule has 2 rings (SSSR count). The zero-order chi connectivity index (χ0) is 15.2. The Bertz CT molecular complexity index is 693. The summed E-state index contributed by atoms with van der Waals surface area (Å²) >= 11 is 11.9. The van der Waals surface area contributed by atoms with Crippen LogP contribution in [0, 0.1) is 11.3 Å². The molecule has 4 nitrogen and oxygen atoms in total. The first kappa shape index (κ1) is 15.2. The Labute approximate surface area is 132 Å². The van der Waals surface area contributed by atoms with Gasteiger partial charge in [-0.3, -0.25) is 4.79 Å². The number of amides is 1. The van der Waals surface area contributed by atoms with Gasteiger partial charge in [-0.1, -0.05) is 29.3 Å². The van der Waals surface area contributed by atoms with E-state index >= 15 is 0 Å². The lowest BCUT2D eigenvalue weighted by atomic mass is 10.2. The van der Waals surface area contributed by atoms with Gasteiger partial charge in [-0.05, 0) is 36.4 Å². The number of anilines is 2. The Balaban J connectivity index is 1.93. The van der Waals surface area contributed by atoms with Crippen LogP contribution in [-0.4, -0.2) is 12.5 Å². The van der Waals surface area contributed by atoms with Crippen LogP contribution < -0.4 is 10.6 Å². The van der Waals surface area contributed by atoms with Crippen molar-refractivity contribution in [3.05, 3.63) is 58.1 Å². The molecule has 2 aromatic rings. The maximum atomic E-state index is 11.8. The summed E-state index contributed by atoms with van der Waals surface area (Å²) in [4.78, 5) is 11.8. The third kappa shape index (κ3) is 4.12. The molecule has 0 spiro atoms. The largest absolute Gasteiger partial charge is 0.376 e. The summed E-state index contributed by atoms with van der Waals surface area (Å²) in [6.45, 7) is 0.0781. The minimum absolute atomic E-state index is 0.0781. The highest BCUT2D eigenvalue weighted by Crippen LogP contribution is 2.29. The van der Waals surface area contributed by atoms with Crippen molar-refractivity contribution < 1.29 is 4.79 Å². The normalized spacial score (nSPS) is 9.76. The Morgan fingerprint density at radius 1 is 1.14 bits per heavy atom. The lowest BCUT2D eigenvalue weighted by Crippen LogP contribution is -2.21. The van der Waals surface area contributed by atoms with E-state index < -0.39 is 0 Å². The van der Waals surface area contributed by atoms with Gasteiger partial charge in [0, 0.05) is 5.69 Å². The van der Waals surface area contributed by atoms with Crippen LogP contribution >= 0.6 is 23.2 Å². The van der Waals surface area contributed by atoms with Gasteiger partial charge in [-0.15, -0.1) is 0 Å². The molecule has 0 aromatic heterocycles. The summed E-state index contributed by atoms with van der Waals surface area (Å²) < 4.78 is 0. The molecule has 2 aromatic carbocycles. The van der Waals surface area contributed by atoms with Crippen LogP contribution in [0.1, 0.15) is 5.56 Å². The molecule has 0 saturated heterocycles. The van der Waals surface area contributed by atoms with Crippen LogP contribution in [0.15, 0.2) is 42.5 Å². The minimum atomic E-state index is -0.247. The standard InChI is InChI=1S/C15H11Cl2N3O/c16-12-2-1-3-13(15(12)17)20-14(21)9-19-11-6-4-10(8-18)5-7-11/h1-7,19H,9H2,(H,20,21). The second kappa shape index (κ2) is 6.98. The number of nitriles is 1. The molecule has 106 valence electrons. The number of nitrogens with one attached hydrogen (secondary N) is 2. The van der Waals surface area contributed by atoms with Crippen molar-refractivity contribution in [3.63, 3.8) is 0 Å². The van der Waals surface area contributed by atoms with Crippen molar-refractivity contribution in [3.8, 4) is 6.07 Å². The predicted octanol–water partition coefficient (Wildman–Crippen LogP) is 3.92. The Hall–Kier alpha value is -2.22. The highest BCUT2D eigenvalue weighted by Gasteiger charge is 2.08.